The molecule has 0 radical (unpaired) electrons. The molecule has 0 fully saturated rings. The second-order valence-corrected chi connectivity index (χ2v) is 7.79. The number of hydrogen-bond donors (Lipinski definition) is 3. The van der Waals surface area contributed by atoms with Crippen molar-refractivity contribution in [2.45, 2.75) is 13.5 Å². The first kappa shape index (κ1) is 24.2. The van der Waals surface area contributed by atoms with Gasteiger partial charge < -0.3 is 10.6 Å². The van der Waals surface area contributed by atoms with Crippen LogP contribution in [0.4, 0.5) is 26.2 Å². The number of fused-ring (bicyclic) bond motifs is 1. The summed E-state index contributed by atoms with van der Waals surface area (Å²) in [5.41, 5.74) is 0.314. The number of hydrogen-bond acceptors (Lipinski definition) is 6. The van der Waals surface area contributed by atoms with Crippen molar-refractivity contribution in [1.82, 2.24) is 9.55 Å². The Bertz CT molecular complexity index is 1550. The summed E-state index contributed by atoms with van der Waals surface area (Å²) < 4.78 is 14.8. The van der Waals surface area contributed by atoms with Crippen molar-refractivity contribution < 1.29 is 24.0 Å². The van der Waals surface area contributed by atoms with E-state index >= 15 is 0 Å². The molecule has 4 rings (SSSR count). The third-order valence-electron chi connectivity index (χ3n) is 5.23. The third-order valence-corrected chi connectivity index (χ3v) is 5.23. The minimum atomic E-state index is -0.927. The number of carbonyl (C=O) groups is 3. The zero-order valence-electron chi connectivity index (χ0n) is 18.9. The molecule has 4 aromatic rings. The number of benzene rings is 3. The van der Waals surface area contributed by atoms with Gasteiger partial charge in [-0.1, -0.05) is 24.3 Å². The number of nitrogens with one attached hydrogen (secondary N) is 2. The van der Waals surface area contributed by atoms with Crippen LogP contribution in [0.1, 0.15) is 17.3 Å². The lowest BCUT2D eigenvalue weighted by atomic mass is 10.1. The molecule has 3 aromatic carbocycles. The van der Waals surface area contributed by atoms with Gasteiger partial charge in [0.05, 0.1) is 28.6 Å². The van der Waals surface area contributed by atoms with E-state index in [-0.39, 0.29) is 28.2 Å². The molecule has 1 aromatic heterocycles. The van der Waals surface area contributed by atoms with Gasteiger partial charge in [-0.3, -0.25) is 24.2 Å². The Kier molecular flexibility index (Phi) is 6.84. The minimum Gasteiger partial charge on any atom is -0.322 e. The molecule has 0 aliphatic rings. The zero-order chi connectivity index (χ0) is 25.8. The molecule has 0 atom stereocenters. The first-order valence-corrected chi connectivity index (χ1v) is 10.7. The van der Waals surface area contributed by atoms with Crippen LogP contribution in [0.25, 0.3) is 10.9 Å². The Morgan fingerprint density at radius 3 is 2.56 bits per heavy atom. The standard InChI is InChI=1S/C25H20FN5O5/c1-15(32)16-5-4-6-18(11-16)31(36)25(35)28-17-9-10-21-19(12-17)24(34)30(14-27-21)13-23(33)29-22-8-3-2-7-20(22)26/h2-12,14,36H,13H2,1H3,(H,28,35)(H,29,33). The molecular weight excluding hydrogens is 469 g/mol. The average Bonchev–Trinajstić information content (AvgIpc) is 2.87. The number of nitrogens with zero attached hydrogens (tertiary/aromatic N) is 3. The van der Waals surface area contributed by atoms with Gasteiger partial charge in [-0.2, -0.15) is 5.06 Å². The molecule has 3 N–H and O–H groups in total. The van der Waals surface area contributed by atoms with Crippen molar-refractivity contribution in [1.29, 1.82) is 0 Å². The number of anilines is 3. The predicted molar refractivity (Wildman–Crippen MR) is 131 cm³/mol. The molecule has 0 saturated heterocycles. The second-order valence-electron chi connectivity index (χ2n) is 7.79. The zero-order valence-corrected chi connectivity index (χ0v) is 18.9. The van der Waals surface area contributed by atoms with Gasteiger partial charge in [0, 0.05) is 11.3 Å². The molecule has 1 heterocycles. The summed E-state index contributed by atoms with van der Waals surface area (Å²) >= 11 is 0. The smallest absolute Gasteiger partial charge is 0.322 e. The summed E-state index contributed by atoms with van der Waals surface area (Å²) in [6.45, 7) is 0.948. The average molecular weight is 489 g/mol. The Balaban J connectivity index is 1.53. The Hall–Kier alpha value is -4.90. The highest BCUT2D eigenvalue weighted by Gasteiger charge is 2.16. The summed E-state index contributed by atoms with van der Waals surface area (Å²) in [4.78, 5) is 53.5. The summed E-state index contributed by atoms with van der Waals surface area (Å²) in [5, 5.41) is 15.6. The maximum Gasteiger partial charge on any atom is 0.350 e. The lowest BCUT2D eigenvalue weighted by molar-refractivity contribution is -0.116. The minimum absolute atomic E-state index is 0.0170. The number of amides is 3. The Labute approximate surface area is 203 Å². The molecule has 0 bridgehead atoms. The fourth-order valence-corrected chi connectivity index (χ4v) is 3.41. The number of carbonyl (C=O) groups excluding carboxylic acids is 3. The molecule has 0 saturated carbocycles. The molecule has 0 spiro atoms. The number of aromatic nitrogens is 2. The number of rotatable bonds is 6. The van der Waals surface area contributed by atoms with E-state index in [1.165, 1.54) is 67.8 Å². The second kappa shape index (κ2) is 10.2. The van der Waals surface area contributed by atoms with Crippen molar-refractivity contribution in [3.8, 4) is 0 Å². The van der Waals surface area contributed by atoms with E-state index in [0.29, 0.717) is 16.1 Å². The van der Waals surface area contributed by atoms with Crippen LogP contribution in [0.3, 0.4) is 0 Å². The van der Waals surface area contributed by atoms with Gasteiger partial charge in [-0.05, 0) is 49.4 Å². The van der Waals surface area contributed by atoms with Gasteiger partial charge >= 0.3 is 6.03 Å². The summed E-state index contributed by atoms with van der Waals surface area (Å²) in [7, 11) is 0. The highest BCUT2D eigenvalue weighted by atomic mass is 19.1. The largest absolute Gasteiger partial charge is 0.350 e. The third kappa shape index (κ3) is 5.26. The lowest BCUT2D eigenvalue weighted by Gasteiger charge is -2.16. The van der Waals surface area contributed by atoms with Crippen molar-refractivity contribution >= 4 is 45.7 Å². The molecule has 36 heavy (non-hydrogen) atoms. The molecule has 3 amide bonds. The van der Waals surface area contributed by atoms with Crippen LogP contribution in [0.15, 0.2) is 77.9 Å². The van der Waals surface area contributed by atoms with Crippen molar-refractivity contribution in [3.63, 3.8) is 0 Å². The topological polar surface area (TPSA) is 134 Å². The van der Waals surface area contributed by atoms with Gasteiger partial charge in [0.25, 0.3) is 5.56 Å². The monoisotopic (exact) mass is 489 g/mol. The van der Waals surface area contributed by atoms with Crippen LogP contribution >= 0.6 is 0 Å². The van der Waals surface area contributed by atoms with Crippen LogP contribution in [-0.2, 0) is 11.3 Å². The van der Waals surface area contributed by atoms with Crippen LogP contribution in [0.5, 0.6) is 0 Å². The van der Waals surface area contributed by atoms with Gasteiger partial charge in [0.1, 0.15) is 12.4 Å². The lowest BCUT2D eigenvalue weighted by Crippen LogP contribution is -2.32. The van der Waals surface area contributed by atoms with Gasteiger partial charge in [-0.15, -0.1) is 0 Å². The molecule has 11 heteroatoms. The molecule has 0 aliphatic heterocycles. The molecular formula is C25H20FN5O5. The molecule has 0 unspecified atom stereocenters. The number of para-hydroxylation sites is 1. The van der Waals surface area contributed by atoms with Crippen molar-refractivity contribution in [2.75, 3.05) is 15.7 Å². The van der Waals surface area contributed by atoms with Crippen molar-refractivity contribution in [2.24, 2.45) is 0 Å². The van der Waals surface area contributed by atoms with Crippen LogP contribution in [0, 0.1) is 5.82 Å². The van der Waals surface area contributed by atoms with Crippen LogP contribution in [0.2, 0.25) is 0 Å². The molecule has 10 nitrogen and oxygen atoms in total. The highest BCUT2D eigenvalue weighted by Crippen LogP contribution is 2.19. The summed E-state index contributed by atoms with van der Waals surface area (Å²) in [6.07, 6.45) is 1.20. The SMILES string of the molecule is CC(=O)c1cccc(N(O)C(=O)Nc2ccc3ncn(CC(=O)Nc4ccccc4F)c(=O)c3c2)c1. The first-order valence-electron chi connectivity index (χ1n) is 10.7. The van der Waals surface area contributed by atoms with Crippen LogP contribution < -0.4 is 21.3 Å². The van der Waals surface area contributed by atoms with E-state index < -0.39 is 29.9 Å². The van der Waals surface area contributed by atoms with Crippen LogP contribution in [-0.4, -0.2) is 32.5 Å². The predicted octanol–water partition coefficient (Wildman–Crippen LogP) is 3.80. The maximum atomic E-state index is 13.8. The number of hydroxylamine groups is 1. The number of ketones is 1. The fraction of sp³-hybridized carbons (Fsp3) is 0.0800. The van der Waals surface area contributed by atoms with E-state index in [1.54, 1.807) is 12.1 Å². The summed E-state index contributed by atoms with van der Waals surface area (Å²) in [6, 6.07) is 14.9. The number of Topliss-reactive ketones (excluding diaryl/α,β-unsaturated/α-hetero) is 1. The highest BCUT2D eigenvalue weighted by molar-refractivity contribution is 6.02. The Morgan fingerprint density at radius 2 is 1.81 bits per heavy atom. The molecule has 182 valence electrons. The quantitative estimate of drug-likeness (QED) is 0.214. The normalized spacial score (nSPS) is 10.6. The maximum absolute atomic E-state index is 13.8. The number of urea groups is 1. The summed E-state index contributed by atoms with van der Waals surface area (Å²) in [5.74, 6) is -1.47. The van der Waals surface area contributed by atoms with Gasteiger partial charge in [0.2, 0.25) is 5.91 Å². The number of halogens is 1. The van der Waals surface area contributed by atoms with Gasteiger partial charge in [0.15, 0.2) is 5.78 Å². The van der Waals surface area contributed by atoms with E-state index in [0.717, 1.165) is 4.57 Å². The first-order chi connectivity index (χ1) is 17.2. The van der Waals surface area contributed by atoms with E-state index in [1.807, 2.05) is 0 Å². The van der Waals surface area contributed by atoms with E-state index in [4.69, 9.17) is 0 Å². The fourth-order valence-electron chi connectivity index (χ4n) is 3.41. The van der Waals surface area contributed by atoms with Crippen molar-refractivity contribution in [3.05, 3.63) is 94.8 Å². The molecule has 0 aliphatic carbocycles. The van der Waals surface area contributed by atoms with E-state index in [9.17, 15) is 28.8 Å². The van der Waals surface area contributed by atoms with Gasteiger partial charge in [-0.25, -0.2) is 14.2 Å². The van der Waals surface area contributed by atoms with E-state index in [2.05, 4.69) is 15.6 Å². The Morgan fingerprint density at radius 1 is 1.03 bits per heavy atom.